The fourth-order valence-electron chi connectivity index (χ4n) is 6.53. The molecule has 3 fully saturated rings. The van der Waals surface area contributed by atoms with Crippen LogP contribution in [0.1, 0.15) is 96.3 Å². The van der Waals surface area contributed by atoms with Crippen molar-refractivity contribution in [3.63, 3.8) is 0 Å². The standard InChI is InChI=1S/C20H37N.BrH/c21-16-20(17-10-4-1-5-11-17,18-12-6-2-7-13-18)19-14-8-3-9-15-19;/h17-19H,1-16,21H2;1H. The van der Waals surface area contributed by atoms with Crippen LogP contribution in [0.15, 0.2) is 0 Å². The van der Waals surface area contributed by atoms with Crippen LogP contribution in [-0.4, -0.2) is 6.54 Å². The van der Waals surface area contributed by atoms with Gasteiger partial charge in [0.05, 0.1) is 6.54 Å². The Morgan fingerprint density at radius 2 is 0.818 bits per heavy atom. The van der Waals surface area contributed by atoms with E-state index in [9.17, 15) is 0 Å². The van der Waals surface area contributed by atoms with E-state index in [-0.39, 0.29) is 17.0 Å². The van der Waals surface area contributed by atoms with Crippen molar-refractivity contribution in [2.45, 2.75) is 96.3 Å². The highest BCUT2D eigenvalue weighted by atomic mass is 79.9. The highest BCUT2D eigenvalue weighted by Crippen LogP contribution is 2.55. The third-order valence-corrected chi connectivity index (χ3v) is 7.53. The Bertz CT molecular complexity index is 253. The predicted molar refractivity (Wildman–Crippen MR) is 89.9 cm³/mol. The molecule has 0 aromatic carbocycles. The molecule has 0 heterocycles. The normalized spacial score (nSPS) is 26.6. The lowest BCUT2D eigenvalue weighted by Gasteiger charge is -2.53. The smallest absolute Gasteiger partial charge is 0.0805 e. The number of quaternary nitrogens is 1. The number of hydrogen-bond acceptors (Lipinski definition) is 0. The molecule has 3 aliphatic carbocycles. The lowest BCUT2D eigenvalue weighted by Crippen LogP contribution is -3.00. The Morgan fingerprint density at radius 1 is 0.545 bits per heavy atom. The zero-order chi connectivity index (χ0) is 14.5. The van der Waals surface area contributed by atoms with Crippen molar-refractivity contribution < 1.29 is 22.7 Å². The summed E-state index contributed by atoms with van der Waals surface area (Å²) in [5.74, 6) is 3.07. The molecule has 3 rings (SSSR count). The van der Waals surface area contributed by atoms with Crippen LogP contribution in [0, 0.1) is 23.2 Å². The van der Waals surface area contributed by atoms with Crippen molar-refractivity contribution in [3.05, 3.63) is 0 Å². The first kappa shape index (κ1) is 18.8. The van der Waals surface area contributed by atoms with E-state index in [1.165, 1.54) is 103 Å². The summed E-state index contributed by atoms with van der Waals surface area (Å²) in [7, 11) is 0. The van der Waals surface area contributed by atoms with Gasteiger partial charge >= 0.3 is 0 Å². The lowest BCUT2D eigenvalue weighted by molar-refractivity contribution is -0.411. The fourth-order valence-corrected chi connectivity index (χ4v) is 6.53. The maximum absolute atomic E-state index is 4.58. The fraction of sp³-hybridized carbons (Fsp3) is 1.00. The van der Waals surface area contributed by atoms with Gasteiger partial charge in [-0.2, -0.15) is 0 Å². The molecule has 0 spiro atoms. The van der Waals surface area contributed by atoms with E-state index in [0.717, 1.165) is 17.8 Å². The summed E-state index contributed by atoms with van der Waals surface area (Å²) >= 11 is 0. The molecule has 1 nitrogen and oxygen atoms in total. The van der Waals surface area contributed by atoms with Gasteiger partial charge in [-0.1, -0.05) is 57.8 Å². The van der Waals surface area contributed by atoms with Crippen LogP contribution >= 0.6 is 0 Å². The van der Waals surface area contributed by atoms with Gasteiger partial charge in [0.1, 0.15) is 0 Å². The van der Waals surface area contributed by atoms with Gasteiger partial charge in [0.15, 0.2) is 0 Å². The second-order valence-corrected chi connectivity index (χ2v) is 8.37. The maximum atomic E-state index is 4.58. The molecule has 0 aromatic rings. The van der Waals surface area contributed by atoms with Gasteiger partial charge in [-0.15, -0.1) is 0 Å². The van der Waals surface area contributed by atoms with E-state index in [2.05, 4.69) is 5.73 Å². The average Bonchev–Trinajstić information content (AvgIpc) is 2.59. The highest BCUT2D eigenvalue weighted by molar-refractivity contribution is 4.98. The van der Waals surface area contributed by atoms with Crippen molar-refractivity contribution in [2.24, 2.45) is 23.2 Å². The van der Waals surface area contributed by atoms with Gasteiger partial charge in [0.2, 0.25) is 0 Å². The molecule has 0 unspecified atom stereocenters. The molecule has 0 radical (unpaired) electrons. The molecule has 130 valence electrons. The Kier molecular flexibility index (Phi) is 7.73. The van der Waals surface area contributed by atoms with Crippen molar-refractivity contribution >= 4 is 0 Å². The summed E-state index contributed by atoms with van der Waals surface area (Å²) in [6, 6.07) is 0. The van der Waals surface area contributed by atoms with Crippen LogP contribution in [0.3, 0.4) is 0 Å². The first-order valence-corrected chi connectivity index (χ1v) is 10.2. The molecule has 0 bridgehead atoms. The Labute approximate surface area is 149 Å². The van der Waals surface area contributed by atoms with Gasteiger partial charge in [0.25, 0.3) is 0 Å². The average molecular weight is 372 g/mol. The first-order chi connectivity index (χ1) is 10.4. The van der Waals surface area contributed by atoms with Crippen LogP contribution in [0.5, 0.6) is 0 Å². The van der Waals surface area contributed by atoms with Crippen molar-refractivity contribution in [1.82, 2.24) is 0 Å². The molecule has 3 saturated carbocycles. The molecule has 2 heteroatoms. The minimum atomic E-state index is 0. The molecule has 0 aliphatic heterocycles. The maximum Gasteiger partial charge on any atom is 0.0805 e. The summed E-state index contributed by atoms with van der Waals surface area (Å²) in [5, 5.41) is 0. The summed E-state index contributed by atoms with van der Waals surface area (Å²) in [5.41, 5.74) is 5.22. The minimum absolute atomic E-state index is 0. The van der Waals surface area contributed by atoms with E-state index < -0.39 is 0 Å². The quantitative estimate of drug-likeness (QED) is 0.782. The molecule has 0 amide bonds. The molecular formula is C20H38BrN. The van der Waals surface area contributed by atoms with Crippen LogP contribution in [0.2, 0.25) is 0 Å². The van der Waals surface area contributed by atoms with Crippen LogP contribution in [0.4, 0.5) is 0 Å². The first-order valence-electron chi connectivity index (χ1n) is 10.2. The summed E-state index contributed by atoms with van der Waals surface area (Å²) in [6.45, 7) is 1.24. The lowest BCUT2D eigenvalue weighted by atomic mass is 9.51. The number of halogens is 1. The Hall–Kier alpha value is 0.440. The summed E-state index contributed by atoms with van der Waals surface area (Å²) < 4.78 is 0. The SMILES string of the molecule is [Br-].[NH3+]CC(C1CCCCC1)(C1CCCCC1)C1CCCCC1. The molecule has 3 N–H and O–H groups in total. The molecular weight excluding hydrogens is 334 g/mol. The largest absolute Gasteiger partial charge is 1.00 e. The minimum Gasteiger partial charge on any atom is -1.00 e. The van der Waals surface area contributed by atoms with E-state index in [1.807, 2.05) is 0 Å². The second-order valence-electron chi connectivity index (χ2n) is 8.37. The van der Waals surface area contributed by atoms with Gasteiger partial charge in [-0.25, -0.2) is 0 Å². The van der Waals surface area contributed by atoms with Gasteiger partial charge < -0.3 is 22.7 Å². The number of hydrogen-bond donors (Lipinski definition) is 1. The highest BCUT2D eigenvalue weighted by Gasteiger charge is 2.51. The van der Waals surface area contributed by atoms with Crippen molar-refractivity contribution in [2.75, 3.05) is 6.54 Å². The molecule has 0 atom stereocenters. The number of rotatable bonds is 4. The molecule has 22 heavy (non-hydrogen) atoms. The monoisotopic (exact) mass is 371 g/mol. The van der Waals surface area contributed by atoms with E-state index in [4.69, 9.17) is 0 Å². The van der Waals surface area contributed by atoms with E-state index in [1.54, 1.807) is 0 Å². The summed E-state index contributed by atoms with van der Waals surface area (Å²) in [4.78, 5) is 0. The summed E-state index contributed by atoms with van der Waals surface area (Å²) in [6.07, 6.45) is 22.7. The third kappa shape index (κ3) is 3.74. The zero-order valence-electron chi connectivity index (χ0n) is 14.6. The Morgan fingerprint density at radius 3 is 1.05 bits per heavy atom. The third-order valence-electron chi connectivity index (χ3n) is 7.53. The van der Waals surface area contributed by atoms with Gasteiger partial charge in [-0.05, 0) is 56.3 Å². The Balaban J connectivity index is 0.00000176. The molecule has 3 aliphatic rings. The van der Waals surface area contributed by atoms with Gasteiger partial charge in [-0.3, -0.25) is 0 Å². The van der Waals surface area contributed by atoms with E-state index in [0.29, 0.717) is 5.41 Å². The molecule has 0 saturated heterocycles. The zero-order valence-corrected chi connectivity index (χ0v) is 16.2. The van der Waals surface area contributed by atoms with Gasteiger partial charge in [0, 0.05) is 5.41 Å². The van der Waals surface area contributed by atoms with Crippen LogP contribution < -0.4 is 22.7 Å². The molecule has 0 aromatic heterocycles. The van der Waals surface area contributed by atoms with Crippen LogP contribution in [0.25, 0.3) is 0 Å². The van der Waals surface area contributed by atoms with Crippen molar-refractivity contribution in [3.8, 4) is 0 Å². The predicted octanol–water partition coefficient (Wildman–Crippen LogP) is 1.96. The van der Waals surface area contributed by atoms with Crippen LogP contribution in [-0.2, 0) is 0 Å². The second kappa shape index (κ2) is 9.06. The van der Waals surface area contributed by atoms with E-state index >= 15 is 0 Å². The topological polar surface area (TPSA) is 27.6 Å². The van der Waals surface area contributed by atoms with Crippen molar-refractivity contribution in [1.29, 1.82) is 0 Å².